The Morgan fingerprint density at radius 3 is 2.79 bits per heavy atom. The van der Waals surface area contributed by atoms with Gasteiger partial charge in [-0.25, -0.2) is 4.79 Å². The van der Waals surface area contributed by atoms with Crippen molar-refractivity contribution in [1.29, 1.82) is 0 Å². The summed E-state index contributed by atoms with van der Waals surface area (Å²) in [6.07, 6.45) is 6.26. The van der Waals surface area contributed by atoms with Crippen LogP contribution in [0.1, 0.15) is 37.7 Å². The summed E-state index contributed by atoms with van der Waals surface area (Å²) in [6.45, 7) is 1.96. The fourth-order valence-corrected chi connectivity index (χ4v) is 4.25. The predicted octanol–water partition coefficient (Wildman–Crippen LogP) is 4.22. The van der Waals surface area contributed by atoms with Gasteiger partial charge in [0.15, 0.2) is 0 Å². The Morgan fingerprint density at radius 2 is 2.12 bits per heavy atom. The summed E-state index contributed by atoms with van der Waals surface area (Å²) in [5, 5.41) is 0. The molecule has 0 radical (unpaired) electrons. The topological polar surface area (TPSA) is 52.6 Å². The van der Waals surface area contributed by atoms with Gasteiger partial charge in [-0.2, -0.15) is 0 Å². The normalized spacial score (nSPS) is 26.4. The summed E-state index contributed by atoms with van der Waals surface area (Å²) in [4.78, 5) is 25.0. The van der Waals surface area contributed by atoms with E-state index >= 15 is 0 Å². The van der Waals surface area contributed by atoms with Crippen LogP contribution in [0.25, 0.3) is 0 Å². The third-order valence-corrected chi connectivity index (χ3v) is 5.61. The van der Waals surface area contributed by atoms with E-state index in [0.717, 1.165) is 22.9 Å². The van der Waals surface area contributed by atoms with Crippen LogP contribution in [0.5, 0.6) is 0 Å². The van der Waals surface area contributed by atoms with Gasteiger partial charge in [0, 0.05) is 10.4 Å². The van der Waals surface area contributed by atoms with E-state index in [4.69, 9.17) is 9.47 Å². The highest BCUT2D eigenvalue weighted by molar-refractivity contribution is 9.11. The predicted molar refractivity (Wildman–Crippen MR) is 93.3 cm³/mol. The lowest BCUT2D eigenvalue weighted by molar-refractivity contribution is -0.159. The lowest BCUT2D eigenvalue weighted by Crippen LogP contribution is -2.43. The molecule has 1 heterocycles. The first kappa shape index (κ1) is 17.0. The summed E-state index contributed by atoms with van der Waals surface area (Å²) in [5.74, 6) is -1.29. The molecule has 24 heavy (non-hydrogen) atoms. The third kappa shape index (κ3) is 2.81. The first-order valence-corrected chi connectivity index (χ1v) is 8.91. The monoisotopic (exact) mass is 390 g/mol. The molecule has 0 amide bonds. The molecule has 1 spiro atoms. The Bertz CT molecular complexity index is 707. The van der Waals surface area contributed by atoms with Crippen LogP contribution in [-0.4, -0.2) is 18.5 Å². The van der Waals surface area contributed by atoms with Gasteiger partial charge in [-0.05, 0) is 37.8 Å². The summed E-state index contributed by atoms with van der Waals surface area (Å²) in [6, 6.07) is 9.74. The number of carbonyl (C=O) groups excluding carboxylic acids is 2. The highest BCUT2D eigenvalue weighted by Crippen LogP contribution is 2.54. The van der Waals surface area contributed by atoms with Crippen molar-refractivity contribution < 1.29 is 19.1 Å². The van der Waals surface area contributed by atoms with E-state index in [9.17, 15) is 9.59 Å². The molecule has 2 atom stereocenters. The molecule has 0 aromatic heterocycles. The second-order valence-corrected chi connectivity index (χ2v) is 6.80. The summed E-state index contributed by atoms with van der Waals surface area (Å²) < 4.78 is 11.2. The lowest BCUT2D eigenvalue weighted by atomic mass is 9.65. The number of rotatable bonds is 3. The number of carbonyl (C=O) groups is 2. The van der Waals surface area contributed by atoms with Crippen molar-refractivity contribution in [2.45, 2.75) is 32.1 Å². The van der Waals surface area contributed by atoms with E-state index in [-0.39, 0.29) is 18.3 Å². The van der Waals surface area contributed by atoms with E-state index in [1.807, 2.05) is 36.4 Å². The Kier molecular flexibility index (Phi) is 4.90. The maximum absolute atomic E-state index is 12.9. The van der Waals surface area contributed by atoms with Gasteiger partial charge < -0.3 is 9.47 Å². The fourth-order valence-electron chi connectivity index (χ4n) is 3.41. The number of ether oxygens (including phenoxy) is 2. The number of hydrogen-bond acceptors (Lipinski definition) is 4. The molecule has 0 saturated heterocycles. The summed E-state index contributed by atoms with van der Waals surface area (Å²) in [7, 11) is 0. The molecule has 0 fully saturated rings. The molecule has 1 aromatic carbocycles. The van der Waals surface area contributed by atoms with E-state index in [0.29, 0.717) is 6.42 Å². The Labute approximate surface area is 149 Å². The zero-order chi connectivity index (χ0) is 17.2. The highest BCUT2D eigenvalue weighted by Gasteiger charge is 2.53. The van der Waals surface area contributed by atoms with E-state index in [2.05, 4.69) is 15.9 Å². The van der Waals surface area contributed by atoms with E-state index < -0.39 is 17.4 Å². The van der Waals surface area contributed by atoms with Crippen LogP contribution in [0.15, 0.2) is 52.7 Å². The van der Waals surface area contributed by atoms with E-state index in [1.165, 1.54) is 0 Å². The van der Waals surface area contributed by atoms with Crippen molar-refractivity contribution in [3.8, 4) is 0 Å². The molecule has 1 aliphatic carbocycles. The van der Waals surface area contributed by atoms with Gasteiger partial charge in [0.05, 0.1) is 6.61 Å². The number of allylic oxidation sites excluding steroid dienone is 2. The largest absolute Gasteiger partial charge is 0.460 e. The first-order valence-electron chi connectivity index (χ1n) is 8.12. The molecular weight excluding hydrogens is 372 g/mol. The molecule has 1 aliphatic heterocycles. The van der Waals surface area contributed by atoms with Crippen molar-refractivity contribution in [2.75, 3.05) is 6.61 Å². The molecule has 5 heteroatoms. The SMILES string of the molecule is CCOC(=O)C1=C[C@@H](c2ccccc2)[C@@]2(CCCC=C2Br)C(=O)O1. The van der Waals surface area contributed by atoms with Gasteiger partial charge in [0.2, 0.25) is 5.76 Å². The second kappa shape index (κ2) is 6.93. The van der Waals surface area contributed by atoms with Gasteiger partial charge in [-0.15, -0.1) is 0 Å². The van der Waals surface area contributed by atoms with Crippen LogP contribution in [0.3, 0.4) is 0 Å². The standard InChI is InChI=1S/C19H19BrO4/c1-2-23-17(21)15-12-14(13-8-4-3-5-9-13)19(18(22)24-15)11-7-6-10-16(19)20/h3-5,8-10,12,14H,2,6-7,11H2,1H3/t14-,19+/m0/s1. The van der Waals surface area contributed by atoms with Crippen LogP contribution in [-0.2, 0) is 19.1 Å². The second-order valence-electron chi connectivity index (χ2n) is 5.94. The molecule has 0 saturated carbocycles. The van der Waals surface area contributed by atoms with Crippen LogP contribution in [0, 0.1) is 5.41 Å². The van der Waals surface area contributed by atoms with Crippen molar-refractivity contribution in [3.05, 3.63) is 58.3 Å². The number of halogens is 1. The van der Waals surface area contributed by atoms with Crippen molar-refractivity contribution in [2.24, 2.45) is 5.41 Å². The maximum Gasteiger partial charge on any atom is 0.374 e. The Balaban J connectivity index is 2.12. The van der Waals surface area contributed by atoms with Crippen molar-refractivity contribution in [1.82, 2.24) is 0 Å². The molecule has 2 aliphatic rings. The summed E-state index contributed by atoms with van der Waals surface area (Å²) in [5.41, 5.74) is 0.165. The van der Waals surface area contributed by atoms with Crippen LogP contribution in [0.2, 0.25) is 0 Å². The minimum atomic E-state index is -0.810. The lowest BCUT2D eigenvalue weighted by Gasteiger charge is -2.42. The smallest absolute Gasteiger partial charge is 0.374 e. The maximum atomic E-state index is 12.9. The van der Waals surface area contributed by atoms with Gasteiger partial charge in [0.1, 0.15) is 5.41 Å². The minimum Gasteiger partial charge on any atom is -0.460 e. The fraction of sp³-hybridized carbons (Fsp3) is 0.368. The van der Waals surface area contributed by atoms with Gasteiger partial charge >= 0.3 is 11.9 Å². The quantitative estimate of drug-likeness (QED) is 0.724. The number of benzene rings is 1. The minimum absolute atomic E-state index is 0.0211. The van der Waals surface area contributed by atoms with Crippen LogP contribution in [0.4, 0.5) is 0 Å². The van der Waals surface area contributed by atoms with E-state index in [1.54, 1.807) is 13.0 Å². The zero-order valence-corrected chi connectivity index (χ0v) is 15.0. The molecular formula is C19H19BrO4. The van der Waals surface area contributed by atoms with Crippen molar-refractivity contribution >= 4 is 27.9 Å². The number of esters is 2. The first-order chi connectivity index (χ1) is 11.6. The Hall–Kier alpha value is -1.88. The summed E-state index contributed by atoms with van der Waals surface area (Å²) >= 11 is 3.59. The number of cyclic esters (lactones) is 1. The highest BCUT2D eigenvalue weighted by atomic mass is 79.9. The Morgan fingerprint density at radius 1 is 1.38 bits per heavy atom. The molecule has 0 unspecified atom stereocenters. The molecule has 0 N–H and O–H groups in total. The zero-order valence-electron chi connectivity index (χ0n) is 13.5. The van der Waals surface area contributed by atoms with Crippen molar-refractivity contribution in [3.63, 3.8) is 0 Å². The molecule has 126 valence electrons. The van der Waals surface area contributed by atoms with Gasteiger partial charge in [0.25, 0.3) is 0 Å². The van der Waals surface area contributed by atoms with Gasteiger partial charge in [-0.1, -0.05) is 52.3 Å². The molecule has 0 bridgehead atoms. The molecule has 1 aromatic rings. The average Bonchev–Trinajstić information content (AvgIpc) is 2.60. The molecule has 4 nitrogen and oxygen atoms in total. The van der Waals surface area contributed by atoms with Crippen LogP contribution >= 0.6 is 15.9 Å². The van der Waals surface area contributed by atoms with Crippen LogP contribution < -0.4 is 0 Å². The van der Waals surface area contributed by atoms with Gasteiger partial charge in [-0.3, -0.25) is 4.79 Å². The molecule has 3 rings (SSSR count). The third-order valence-electron chi connectivity index (χ3n) is 4.58. The average molecular weight is 391 g/mol. The number of hydrogen-bond donors (Lipinski definition) is 0.